The molecule has 1 fully saturated rings. The minimum atomic E-state index is -0.898. The Morgan fingerprint density at radius 2 is 1.50 bits per heavy atom. The maximum absolute atomic E-state index is 10.8. The zero-order valence-electron chi connectivity index (χ0n) is 14.8. The molecule has 3 rings (SSSR count). The van der Waals surface area contributed by atoms with Crippen molar-refractivity contribution in [3.63, 3.8) is 0 Å². The third-order valence-corrected chi connectivity index (χ3v) is 4.54. The van der Waals surface area contributed by atoms with E-state index in [9.17, 15) is 4.79 Å². The Kier molecular flexibility index (Phi) is 6.77. The van der Waals surface area contributed by atoms with Crippen molar-refractivity contribution in [2.75, 3.05) is 13.2 Å². The molecule has 0 saturated carbocycles. The highest BCUT2D eigenvalue weighted by Gasteiger charge is 2.13. The molecule has 0 aliphatic carbocycles. The van der Waals surface area contributed by atoms with E-state index in [-0.39, 0.29) is 0 Å². The molecule has 0 unspecified atom stereocenters. The van der Waals surface area contributed by atoms with Crippen LogP contribution in [0.2, 0.25) is 0 Å². The number of aromatic carboxylic acids is 1. The molecule has 5 nitrogen and oxygen atoms in total. The summed E-state index contributed by atoms with van der Waals surface area (Å²) in [7, 11) is 0. The fraction of sp³-hybridized carbons (Fsp3) is 0.381. The van der Waals surface area contributed by atoms with Crippen LogP contribution >= 0.6 is 0 Å². The summed E-state index contributed by atoms with van der Waals surface area (Å²) < 4.78 is 11.3. The van der Waals surface area contributed by atoms with Crippen LogP contribution in [0.1, 0.15) is 39.9 Å². The van der Waals surface area contributed by atoms with Crippen LogP contribution in [0.4, 0.5) is 0 Å². The second kappa shape index (κ2) is 9.48. The van der Waals surface area contributed by atoms with Gasteiger partial charge in [-0.2, -0.15) is 0 Å². The molecule has 1 aliphatic heterocycles. The summed E-state index contributed by atoms with van der Waals surface area (Å²) in [6.45, 7) is 3.72. The average Bonchev–Trinajstić information content (AvgIpc) is 2.68. The van der Waals surface area contributed by atoms with E-state index in [0.717, 1.165) is 38.2 Å². The molecule has 0 spiro atoms. The number of carboxylic acid groups (broad SMARTS) is 1. The van der Waals surface area contributed by atoms with Gasteiger partial charge in [0, 0.05) is 26.3 Å². The molecule has 1 aliphatic rings. The van der Waals surface area contributed by atoms with Crippen molar-refractivity contribution in [3.8, 4) is 0 Å². The zero-order valence-corrected chi connectivity index (χ0v) is 14.8. The van der Waals surface area contributed by atoms with Gasteiger partial charge in [0.05, 0.1) is 18.3 Å². The van der Waals surface area contributed by atoms with E-state index >= 15 is 0 Å². The summed E-state index contributed by atoms with van der Waals surface area (Å²) in [5, 5.41) is 12.3. The van der Waals surface area contributed by atoms with Gasteiger partial charge in [-0.1, -0.05) is 36.4 Å². The lowest BCUT2D eigenvalue weighted by Gasteiger charge is -2.22. The predicted molar refractivity (Wildman–Crippen MR) is 99.0 cm³/mol. The Morgan fingerprint density at radius 3 is 2.08 bits per heavy atom. The Balaban J connectivity index is 1.40. The van der Waals surface area contributed by atoms with Crippen LogP contribution in [0.15, 0.2) is 48.5 Å². The number of ether oxygens (including phenoxy) is 2. The minimum absolute atomic E-state index is 0.312. The lowest BCUT2D eigenvalue weighted by atomic mass is 10.1. The predicted octanol–water partition coefficient (Wildman–Crippen LogP) is 3.37. The first kappa shape index (κ1) is 18.6. The molecule has 1 heterocycles. The molecule has 0 bridgehead atoms. The first-order valence-electron chi connectivity index (χ1n) is 9.01. The van der Waals surface area contributed by atoms with Gasteiger partial charge in [-0.15, -0.1) is 0 Å². The molecule has 0 atom stereocenters. The average molecular weight is 355 g/mol. The van der Waals surface area contributed by atoms with E-state index in [1.165, 1.54) is 11.1 Å². The molecule has 1 saturated heterocycles. The van der Waals surface area contributed by atoms with Gasteiger partial charge in [0.1, 0.15) is 0 Å². The number of carboxylic acids is 1. The van der Waals surface area contributed by atoms with Gasteiger partial charge in [0.15, 0.2) is 0 Å². The Morgan fingerprint density at radius 1 is 0.962 bits per heavy atom. The SMILES string of the molecule is O=C(O)c1ccc(CNCc2ccc(COC3CCOCC3)cc2)cc1. The summed E-state index contributed by atoms with van der Waals surface area (Å²) in [6.07, 6.45) is 2.28. The van der Waals surface area contributed by atoms with Gasteiger partial charge in [-0.25, -0.2) is 4.79 Å². The van der Waals surface area contributed by atoms with Crippen molar-refractivity contribution < 1.29 is 19.4 Å². The molecule has 26 heavy (non-hydrogen) atoms. The molecule has 2 aromatic rings. The van der Waals surface area contributed by atoms with Crippen molar-refractivity contribution in [3.05, 3.63) is 70.8 Å². The molecule has 2 aromatic carbocycles. The summed E-state index contributed by atoms with van der Waals surface area (Å²) in [6, 6.07) is 15.4. The Labute approximate surface area is 153 Å². The topological polar surface area (TPSA) is 67.8 Å². The van der Waals surface area contributed by atoms with Gasteiger partial charge >= 0.3 is 5.97 Å². The Hall–Kier alpha value is -2.21. The molecule has 0 radical (unpaired) electrons. The molecule has 5 heteroatoms. The van der Waals surface area contributed by atoms with Crippen LogP contribution in [-0.2, 0) is 29.2 Å². The largest absolute Gasteiger partial charge is 0.478 e. The van der Waals surface area contributed by atoms with E-state index in [1.807, 2.05) is 12.1 Å². The summed E-state index contributed by atoms with van der Waals surface area (Å²) in [5.41, 5.74) is 3.77. The first-order valence-corrected chi connectivity index (χ1v) is 9.01. The van der Waals surface area contributed by atoms with E-state index in [1.54, 1.807) is 12.1 Å². The zero-order chi connectivity index (χ0) is 18.2. The molecule has 2 N–H and O–H groups in total. The van der Waals surface area contributed by atoms with Crippen LogP contribution in [0, 0.1) is 0 Å². The quantitative estimate of drug-likeness (QED) is 0.760. The van der Waals surface area contributed by atoms with Gasteiger partial charge in [0.25, 0.3) is 0 Å². The lowest BCUT2D eigenvalue weighted by Crippen LogP contribution is -2.23. The summed E-state index contributed by atoms with van der Waals surface area (Å²) in [5.74, 6) is -0.898. The number of rotatable bonds is 8. The standard InChI is InChI=1S/C21H25NO4/c23-21(24)19-7-5-17(6-8-19)14-22-13-16-1-3-18(4-2-16)15-26-20-9-11-25-12-10-20/h1-8,20,22H,9-15H2,(H,23,24). The van der Waals surface area contributed by atoms with Gasteiger partial charge in [-0.05, 0) is 41.7 Å². The van der Waals surface area contributed by atoms with E-state index in [4.69, 9.17) is 14.6 Å². The van der Waals surface area contributed by atoms with Crippen LogP contribution in [0.3, 0.4) is 0 Å². The number of hydrogen-bond donors (Lipinski definition) is 2. The van der Waals surface area contributed by atoms with E-state index in [0.29, 0.717) is 24.8 Å². The van der Waals surface area contributed by atoms with Crippen LogP contribution in [0.25, 0.3) is 0 Å². The number of carbonyl (C=O) groups is 1. The summed E-state index contributed by atoms with van der Waals surface area (Å²) in [4.78, 5) is 10.8. The minimum Gasteiger partial charge on any atom is -0.478 e. The van der Waals surface area contributed by atoms with Gasteiger partial charge in [0.2, 0.25) is 0 Å². The fourth-order valence-corrected chi connectivity index (χ4v) is 2.93. The smallest absolute Gasteiger partial charge is 0.335 e. The third-order valence-electron chi connectivity index (χ3n) is 4.54. The van der Waals surface area contributed by atoms with Crippen molar-refractivity contribution in [1.29, 1.82) is 0 Å². The van der Waals surface area contributed by atoms with Crippen molar-refractivity contribution >= 4 is 5.97 Å². The van der Waals surface area contributed by atoms with E-state index in [2.05, 4.69) is 29.6 Å². The monoisotopic (exact) mass is 355 g/mol. The highest BCUT2D eigenvalue weighted by atomic mass is 16.5. The molecular formula is C21H25NO4. The number of hydrogen-bond acceptors (Lipinski definition) is 4. The summed E-state index contributed by atoms with van der Waals surface area (Å²) >= 11 is 0. The molecule has 138 valence electrons. The molecule has 0 amide bonds. The van der Waals surface area contributed by atoms with Crippen LogP contribution in [-0.4, -0.2) is 30.4 Å². The van der Waals surface area contributed by atoms with Crippen molar-refractivity contribution in [2.45, 2.75) is 38.6 Å². The van der Waals surface area contributed by atoms with Gasteiger partial charge in [-0.3, -0.25) is 0 Å². The second-order valence-corrected chi connectivity index (χ2v) is 6.54. The highest BCUT2D eigenvalue weighted by Crippen LogP contribution is 2.14. The van der Waals surface area contributed by atoms with Gasteiger partial charge < -0.3 is 19.9 Å². The normalized spacial score (nSPS) is 15.1. The highest BCUT2D eigenvalue weighted by molar-refractivity contribution is 5.87. The van der Waals surface area contributed by atoms with Crippen LogP contribution in [0.5, 0.6) is 0 Å². The molecule has 0 aromatic heterocycles. The number of nitrogens with one attached hydrogen (secondary N) is 1. The first-order chi connectivity index (χ1) is 12.7. The maximum atomic E-state index is 10.8. The Bertz CT molecular complexity index is 691. The van der Waals surface area contributed by atoms with Crippen LogP contribution < -0.4 is 5.32 Å². The van der Waals surface area contributed by atoms with Crippen molar-refractivity contribution in [2.24, 2.45) is 0 Å². The number of benzene rings is 2. The maximum Gasteiger partial charge on any atom is 0.335 e. The fourth-order valence-electron chi connectivity index (χ4n) is 2.93. The van der Waals surface area contributed by atoms with Crippen molar-refractivity contribution in [1.82, 2.24) is 5.32 Å². The molecular weight excluding hydrogens is 330 g/mol. The van der Waals surface area contributed by atoms with E-state index < -0.39 is 5.97 Å². The second-order valence-electron chi connectivity index (χ2n) is 6.54. The lowest BCUT2D eigenvalue weighted by molar-refractivity contribution is -0.0390. The third kappa shape index (κ3) is 5.66.